The highest BCUT2D eigenvalue weighted by Crippen LogP contribution is 2.19. The fraction of sp³-hybridized carbons (Fsp3) is 0.692. The number of hydrogen-bond donors (Lipinski definition) is 1. The Morgan fingerprint density at radius 1 is 1.42 bits per heavy atom. The van der Waals surface area contributed by atoms with Gasteiger partial charge in [0.1, 0.15) is 5.76 Å². The molecular weight excluding hydrogens is 246 g/mol. The topological polar surface area (TPSA) is 67.6 Å². The minimum Gasteiger partial charge on any atom is -0.448 e. The number of nitrogens with zero attached hydrogens (tertiary/aromatic N) is 2. The summed E-state index contributed by atoms with van der Waals surface area (Å²) in [6.07, 6.45) is 3.77. The van der Waals surface area contributed by atoms with Gasteiger partial charge in [-0.05, 0) is 32.9 Å². The summed E-state index contributed by atoms with van der Waals surface area (Å²) >= 11 is 0. The Morgan fingerprint density at radius 3 is 2.89 bits per heavy atom. The van der Waals surface area contributed by atoms with Crippen LogP contribution in [0.1, 0.15) is 29.1 Å². The Balaban J connectivity index is 1.65. The molecule has 0 unspecified atom stereocenters. The maximum atomic E-state index is 12.1. The van der Waals surface area contributed by atoms with Crippen molar-refractivity contribution in [2.75, 3.05) is 26.3 Å². The normalized spacial score (nSPS) is 27.8. The first-order valence-corrected chi connectivity index (χ1v) is 6.78. The molecule has 2 saturated heterocycles. The first-order chi connectivity index (χ1) is 9.25. The Bertz CT molecular complexity index is 454. The summed E-state index contributed by atoms with van der Waals surface area (Å²) in [5, 5.41) is 3.02. The summed E-state index contributed by atoms with van der Waals surface area (Å²) in [4.78, 5) is 18.5. The lowest BCUT2D eigenvalue weighted by Gasteiger charge is -2.27. The molecule has 0 aliphatic carbocycles. The SMILES string of the molecule is Cc1ocnc1C(=O)N[C@H]1COC[C@@H]1N1CCCC1. The van der Waals surface area contributed by atoms with E-state index in [9.17, 15) is 4.79 Å². The Morgan fingerprint density at radius 2 is 2.21 bits per heavy atom. The number of carbonyl (C=O) groups excluding carboxylic acids is 1. The highest BCUT2D eigenvalue weighted by Gasteiger charge is 2.35. The highest BCUT2D eigenvalue weighted by molar-refractivity contribution is 5.93. The average Bonchev–Trinajstić information content (AvgIpc) is 3.07. The van der Waals surface area contributed by atoms with Gasteiger partial charge in [0.15, 0.2) is 12.1 Å². The fourth-order valence-electron chi connectivity index (χ4n) is 2.87. The van der Waals surface area contributed by atoms with E-state index in [1.165, 1.54) is 19.2 Å². The van der Waals surface area contributed by atoms with E-state index in [0.29, 0.717) is 30.7 Å². The van der Waals surface area contributed by atoms with E-state index in [2.05, 4.69) is 15.2 Å². The van der Waals surface area contributed by atoms with Gasteiger partial charge in [-0.2, -0.15) is 0 Å². The summed E-state index contributed by atoms with van der Waals surface area (Å²) in [5.41, 5.74) is 0.368. The van der Waals surface area contributed by atoms with Crippen molar-refractivity contribution in [1.29, 1.82) is 0 Å². The highest BCUT2D eigenvalue weighted by atomic mass is 16.5. The first-order valence-electron chi connectivity index (χ1n) is 6.78. The number of nitrogens with one attached hydrogen (secondary N) is 1. The summed E-state index contributed by atoms with van der Waals surface area (Å²) in [5.74, 6) is 0.375. The molecule has 1 aromatic heterocycles. The standard InChI is InChI=1S/C13H19N3O3/c1-9-12(14-8-19-9)13(17)15-10-6-18-7-11(10)16-4-2-3-5-16/h8,10-11H,2-7H2,1H3,(H,15,17)/t10-,11-/m0/s1. The molecule has 0 bridgehead atoms. The van der Waals surface area contributed by atoms with Crippen molar-refractivity contribution >= 4 is 5.91 Å². The van der Waals surface area contributed by atoms with E-state index in [0.717, 1.165) is 13.1 Å². The number of aryl methyl sites for hydroxylation is 1. The van der Waals surface area contributed by atoms with Gasteiger partial charge in [-0.15, -0.1) is 0 Å². The van der Waals surface area contributed by atoms with E-state index < -0.39 is 0 Å². The van der Waals surface area contributed by atoms with Crippen molar-refractivity contribution in [2.45, 2.75) is 31.8 Å². The van der Waals surface area contributed by atoms with Gasteiger partial charge in [-0.3, -0.25) is 9.69 Å². The molecule has 0 radical (unpaired) electrons. The lowest BCUT2D eigenvalue weighted by atomic mass is 10.1. The molecule has 3 heterocycles. The van der Waals surface area contributed by atoms with Gasteiger partial charge in [0, 0.05) is 0 Å². The number of likely N-dealkylation sites (tertiary alicyclic amines) is 1. The fourth-order valence-corrected chi connectivity index (χ4v) is 2.87. The zero-order valence-corrected chi connectivity index (χ0v) is 11.1. The molecule has 0 aromatic carbocycles. The van der Waals surface area contributed by atoms with Crippen molar-refractivity contribution in [3.63, 3.8) is 0 Å². The predicted molar refractivity (Wildman–Crippen MR) is 67.9 cm³/mol. The van der Waals surface area contributed by atoms with Crippen LogP contribution in [0, 0.1) is 6.92 Å². The van der Waals surface area contributed by atoms with Gasteiger partial charge >= 0.3 is 0 Å². The van der Waals surface area contributed by atoms with Gasteiger partial charge in [-0.25, -0.2) is 4.98 Å². The second kappa shape index (κ2) is 5.30. The molecule has 2 aliphatic rings. The molecule has 1 aromatic rings. The number of oxazole rings is 1. The molecule has 1 N–H and O–H groups in total. The molecular formula is C13H19N3O3. The molecule has 19 heavy (non-hydrogen) atoms. The third kappa shape index (κ3) is 2.50. The van der Waals surface area contributed by atoms with Gasteiger partial charge in [-0.1, -0.05) is 0 Å². The van der Waals surface area contributed by atoms with Gasteiger partial charge in [0.05, 0.1) is 25.3 Å². The second-order valence-electron chi connectivity index (χ2n) is 5.18. The van der Waals surface area contributed by atoms with Crippen molar-refractivity contribution < 1.29 is 13.9 Å². The third-order valence-electron chi connectivity index (χ3n) is 3.94. The zero-order chi connectivity index (χ0) is 13.2. The van der Waals surface area contributed by atoms with E-state index in [1.54, 1.807) is 6.92 Å². The summed E-state index contributed by atoms with van der Waals surface area (Å²) in [6.45, 7) is 5.21. The van der Waals surface area contributed by atoms with Crippen LogP contribution < -0.4 is 5.32 Å². The first kappa shape index (κ1) is 12.6. The number of amides is 1. The minimum atomic E-state index is -0.175. The number of hydrogen-bond acceptors (Lipinski definition) is 5. The molecule has 0 saturated carbocycles. The third-order valence-corrected chi connectivity index (χ3v) is 3.94. The number of carbonyl (C=O) groups is 1. The van der Waals surface area contributed by atoms with E-state index in [1.807, 2.05) is 0 Å². The number of rotatable bonds is 3. The Kier molecular flexibility index (Phi) is 3.52. The maximum absolute atomic E-state index is 12.1. The van der Waals surface area contributed by atoms with Crippen LogP contribution in [0.5, 0.6) is 0 Å². The average molecular weight is 265 g/mol. The van der Waals surface area contributed by atoms with Gasteiger partial charge in [0.25, 0.3) is 5.91 Å². The van der Waals surface area contributed by atoms with Crippen molar-refractivity contribution in [3.05, 3.63) is 17.8 Å². The van der Waals surface area contributed by atoms with Crippen LogP contribution in [0.25, 0.3) is 0 Å². The largest absolute Gasteiger partial charge is 0.448 e. The van der Waals surface area contributed by atoms with Gasteiger partial charge in [0.2, 0.25) is 0 Å². The predicted octanol–water partition coefficient (Wildman–Crippen LogP) is 0.576. The minimum absolute atomic E-state index is 0.0432. The molecule has 104 valence electrons. The summed E-state index contributed by atoms with van der Waals surface area (Å²) in [7, 11) is 0. The maximum Gasteiger partial charge on any atom is 0.273 e. The summed E-state index contributed by atoms with van der Waals surface area (Å²) < 4.78 is 10.6. The lowest BCUT2D eigenvalue weighted by Crippen LogP contribution is -2.50. The van der Waals surface area contributed by atoms with Crippen LogP contribution >= 0.6 is 0 Å². The smallest absolute Gasteiger partial charge is 0.273 e. The molecule has 6 heteroatoms. The van der Waals surface area contributed by atoms with E-state index >= 15 is 0 Å². The molecule has 1 amide bonds. The molecule has 6 nitrogen and oxygen atoms in total. The van der Waals surface area contributed by atoms with Crippen LogP contribution in [0.4, 0.5) is 0 Å². The van der Waals surface area contributed by atoms with Crippen LogP contribution in [-0.4, -0.2) is 54.2 Å². The van der Waals surface area contributed by atoms with Crippen LogP contribution in [0.2, 0.25) is 0 Å². The van der Waals surface area contributed by atoms with Crippen molar-refractivity contribution in [1.82, 2.24) is 15.2 Å². The number of aromatic nitrogens is 1. The Labute approximate surface area is 112 Å². The molecule has 2 fully saturated rings. The van der Waals surface area contributed by atoms with Crippen LogP contribution in [0.15, 0.2) is 10.8 Å². The van der Waals surface area contributed by atoms with Crippen molar-refractivity contribution in [3.8, 4) is 0 Å². The molecule has 0 spiro atoms. The van der Waals surface area contributed by atoms with Gasteiger partial charge < -0.3 is 14.5 Å². The van der Waals surface area contributed by atoms with Crippen molar-refractivity contribution in [2.24, 2.45) is 0 Å². The Hall–Kier alpha value is -1.40. The molecule has 3 rings (SSSR count). The zero-order valence-electron chi connectivity index (χ0n) is 11.1. The molecule has 2 aliphatic heterocycles. The lowest BCUT2D eigenvalue weighted by molar-refractivity contribution is 0.0910. The van der Waals surface area contributed by atoms with Crippen LogP contribution in [-0.2, 0) is 4.74 Å². The monoisotopic (exact) mass is 265 g/mol. The van der Waals surface area contributed by atoms with Crippen LogP contribution in [0.3, 0.4) is 0 Å². The quantitative estimate of drug-likeness (QED) is 0.865. The number of ether oxygens (including phenoxy) is 1. The van der Waals surface area contributed by atoms with E-state index in [-0.39, 0.29) is 11.9 Å². The second-order valence-corrected chi connectivity index (χ2v) is 5.18. The van der Waals surface area contributed by atoms with E-state index in [4.69, 9.17) is 9.15 Å². The summed E-state index contributed by atoms with van der Waals surface area (Å²) in [6, 6.07) is 0.334. The molecule has 2 atom stereocenters.